The van der Waals surface area contributed by atoms with Crippen molar-refractivity contribution in [2.45, 2.75) is 36.3 Å². The number of carbonyl (C=O) groups is 2. The molecule has 2 amide bonds. The lowest BCUT2D eigenvalue weighted by molar-refractivity contribution is 0.0923. The Morgan fingerprint density at radius 3 is 2.45 bits per heavy atom. The second-order valence-electron chi connectivity index (χ2n) is 7.76. The van der Waals surface area contributed by atoms with Crippen molar-refractivity contribution in [1.29, 1.82) is 0 Å². The van der Waals surface area contributed by atoms with Gasteiger partial charge in [-0.1, -0.05) is 35.8 Å². The maximum atomic E-state index is 12.9. The van der Waals surface area contributed by atoms with Crippen LogP contribution in [0.25, 0.3) is 0 Å². The molecule has 3 rings (SSSR count). The summed E-state index contributed by atoms with van der Waals surface area (Å²) in [6, 6.07) is 3.82. The number of sulfone groups is 1. The number of rotatable bonds is 8. The topological polar surface area (TPSA) is 165 Å². The van der Waals surface area contributed by atoms with E-state index in [1.165, 1.54) is 12.1 Å². The summed E-state index contributed by atoms with van der Waals surface area (Å²) in [5, 5.41) is 10.3. The predicted molar refractivity (Wildman–Crippen MR) is 127 cm³/mol. The number of sulfonamides is 1. The number of Topliss-reactive ketones (excluding diaryl/α,β-unsaturated/α-hetero) is 1. The van der Waals surface area contributed by atoms with Gasteiger partial charge < -0.3 is 5.32 Å². The van der Waals surface area contributed by atoms with Gasteiger partial charge >= 0.3 is 6.03 Å². The molecule has 1 fully saturated rings. The van der Waals surface area contributed by atoms with Gasteiger partial charge in [0.2, 0.25) is 10.0 Å². The average Bonchev–Trinajstić information content (AvgIpc) is 3.36. The minimum absolute atomic E-state index is 0.00424. The lowest BCUT2D eigenvalue weighted by atomic mass is 9.95. The van der Waals surface area contributed by atoms with Crippen LogP contribution in [0, 0.1) is 5.92 Å². The lowest BCUT2D eigenvalue weighted by Gasteiger charge is -2.14. The van der Waals surface area contributed by atoms with Crippen LogP contribution >= 0.6 is 22.9 Å². The van der Waals surface area contributed by atoms with Crippen LogP contribution in [0.1, 0.15) is 41.7 Å². The molecule has 0 unspecified atom stereocenters. The number of amides is 2. The molecule has 1 aliphatic carbocycles. The average molecular weight is 535 g/mol. The molecule has 1 aromatic heterocycles. The summed E-state index contributed by atoms with van der Waals surface area (Å²) in [5.74, 6) is -0.712. The zero-order valence-corrected chi connectivity index (χ0v) is 20.8. The standard InChI is InChI=1S/C19H23ClN4O6S3/c1-32(27,28)17-15(8-9-33(21,29)30)23-19(31-17)24-18(26)22-14-7-6-12(20)10-13(14)16(25)11-4-2-3-5-11/h6-7,10-11H,2-5,8-9H2,1H3,(H2,21,29,30)(H2,22,23,24,26). The van der Waals surface area contributed by atoms with Crippen LogP contribution in [0.4, 0.5) is 15.6 Å². The highest BCUT2D eigenvalue weighted by Crippen LogP contribution is 2.32. The van der Waals surface area contributed by atoms with Crippen molar-refractivity contribution < 1.29 is 26.4 Å². The van der Waals surface area contributed by atoms with Gasteiger partial charge in [-0.25, -0.2) is 31.8 Å². The number of carbonyl (C=O) groups excluding carboxylic acids is 2. The largest absolute Gasteiger partial charge is 0.325 e. The Kier molecular flexibility index (Phi) is 7.79. The van der Waals surface area contributed by atoms with Crippen molar-refractivity contribution in [3.8, 4) is 0 Å². The molecule has 1 saturated carbocycles. The number of nitrogens with zero attached hydrogens (tertiary/aromatic N) is 1. The van der Waals surface area contributed by atoms with Crippen LogP contribution < -0.4 is 15.8 Å². The fourth-order valence-electron chi connectivity index (χ4n) is 3.57. The third-order valence-corrected chi connectivity index (χ3v) is 8.95. The molecule has 1 aromatic carbocycles. The smallest absolute Gasteiger partial charge is 0.307 e. The van der Waals surface area contributed by atoms with Crippen molar-refractivity contribution in [3.05, 3.63) is 34.5 Å². The fourth-order valence-corrected chi connectivity index (χ4v) is 6.37. The number of hydrogen-bond acceptors (Lipinski definition) is 8. The van der Waals surface area contributed by atoms with Crippen LogP contribution in [0.5, 0.6) is 0 Å². The summed E-state index contributed by atoms with van der Waals surface area (Å²) < 4.78 is 46.4. The minimum atomic E-state index is -3.84. The molecule has 0 spiro atoms. The molecule has 1 heterocycles. The summed E-state index contributed by atoms with van der Waals surface area (Å²) in [6.07, 6.45) is 4.25. The molecular weight excluding hydrogens is 512 g/mol. The number of halogens is 1. The van der Waals surface area contributed by atoms with E-state index >= 15 is 0 Å². The molecule has 180 valence electrons. The first kappa shape index (κ1) is 25.6. The molecule has 0 saturated heterocycles. The molecule has 14 heteroatoms. The van der Waals surface area contributed by atoms with E-state index in [4.69, 9.17) is 16.7 Å². The first-order valence-electron chi connectivity index (χ1n) is 9.95. The zero-order chi connectivity index (χ0) is 24.4. The van der Waals surface area contributed by atoms with Gasteiger partial charge in [-0.3, -0.25) is 10.1 Å². The van der Waals surface area contributed by atoms with Gasteiger partial charge in [-0.2, -0.15) is 0 Å². The van der Waals surface area contributed by atoms with Crippen molar-refractivity contribution in [1.82, 2.24) is 4.98 Å². The number of primary sulfonamides is 1. The van der Waals surface area contributed by atoms with Crippen LogP contribution in [-0.2, 0) is 26.3 Å². The molecule has 2 aromatic rings. The fraction of sp³-hybridized carbons (Fsp3) is 0.421. The number of benzene rings is 1. The second kappa shape index (κ2) is 10.1. The molecule has 1 aliphatic rings. The molecule has 4 N–H and O–H groups in total. The molecular formula is C19H23ClN4O6S3. The quantitative estimate of drug-likeness (QED) is 0.437. The van der Waals surface area contributed by atoms with Crippen molar-refractivity contribution in [2.24, 2.45) is 11.1 Å². The predicted octanol–water partition coefficient (Wildman–Crippen LogP) is 3.05. The van der Waals surface area contributed by atoms with Crippen molar-refractivity contribution >= 4 is 65.4 Å². The van der Waals surface area contributed by atoms with Gasteiger partial charge in [-0.05, 0) is 31.0 Å². The highest BCUT2D eigenvalue weighted by atomic mass is 35.5. The van der Waals surface area contributed by atoms with Gasteiger partial charge in [0, 0.05) is 29.2 Å². The summed E-state index contributed by atoms with van der Waals surface area (Å²) in [4.78, 5) is 29.5. The number of urea groups is 1. The molecule has 0 aliphatic heterocycles. The third kappa shape index (κ3) is 6.96. The Labute approximate surface area is 200 Å². The van der Waals surface area contributed by atoms with Gasteiger partial charge in [0.1, 0.15) is 4.21 Å². The van der Waals surface area contributed by atoms with E-state index in [-0.39, 0.29) is 38.8 Å². The van der Waals surface area contributed by atoms with Gasteiger partial charge in [-0.15, -0.1) is 0 Å². The summed E-state index contributed by atoms with van der Waals surface area (Å²) in [6.45, 7) is 0. The Balaban J connectivity index is 1.80. The molecule has 33 heavy (non-hydrogen) atoms. The Bertz CT molecular complexity index is 1280. The molecule has 0 atom stereocenters. The van der Waals surface area contributed by atoms with Crippen LogP contribution in [-0.4, -0.2) is 45.6 Å². The van der Waals surface area contributed by atoms with Crippen LogP contribution in [0.2, 0.25) is 5.02 Å². The van der Waals surface area contributed by atoms with Crippen molar-refractivity contribution in [3.63, 3.8) is 0 Å². The lowest BCUT2D eigenvalue weighted by Crippen LogP contribution is -2.22. The third-order valence-electron chi connectivity index (χ3n) is 5.06. The first-order chi connectivity index (χ1) is 15.3. The van der Waals surface area contributed by atoms with E-state index < -0.39 is 31.6 Å². The van der Waals surface area contributed by atoms with E-state index in [9.17, 15) is 26.4 Å². The van der Waals surface area contributed by atoms with Gasteiger partial charge in [0.25, 0.3) is 0 Å². The number of aryl methyl sites for hydroxylation is 1. The maximum Gasteiger partial charge on any atom is 0.325 e. The number of nitrogens with two attached hydrogens (primary N) is 1. The minimum Gasteiger partial charge on any atom is -0.307 e. The number of nitrogens with one attached hydrogen (secondary N) is 2. The zero-order valence-electron chi connectivity index (χ0n) is 17.6. The summed E-state index contributed by atoms with van der Waals surface area (Å²) >= 11 is 6.76. The number of anilines is 2. The number of aromatic nitrogens is 1. The van der Waals surface area contributed by atoms with E-state index in [1.807, 2.05) is 0 Å². The molecule has 10 nitrogen and oxygen atoms in total. The second-order valence-corrected chi connectivity index (χ2v) is 13.1. The Morgan fingerprint density at radius 2 is 1.85 bits per heavy atom. The van der Waals surface area contributed by atoms with Gasteiger partial charge in [0.05, 0.1) is 17.1 Å². The van der Waals surface area contributed by atoms with E-state index in [2.05, 4.69) is 15.6 Å². The van der Waals surface area contributed by atoms with E-state index in [0.717, 1.165) is 31.9 Å². The molecule has 0 radical (unpaired) electrons. The van der Waals surface area contributed by atoms with Crippen molar-refractivity contribution in [2.75, 3.05) is 22.6 Å². The first-order valence-corrected chi connectivity index (χ1v) is 14.8. The monoisotopic (exact) mass is 534 g/mol. The normalized spacial score (nSPS) is 14.9. The van der Waals surface area contributed by atoms with Crippen LogP contribution in [0.3, 0.4) is 0 Å². The summed E-state index contributed by atoms with van der Waals surface area (Å²) in [7, 11) is -7.55. The Hall–Kier alpha value is -2.06. The van der Waals surface area contributed by atoms with E-state index in [0.29, 0.717) is 21.9 Å². The van der Waals surface area contributed by atoms with Gasteiger partial charge in [0.15, 0.2) is 20.8 Å². The maximum absolute atomic E-state index is 12.9. The SMILES string of the molecule is CS(=O)(=O)c1sc(NC(=O)Nc2ccc(Cl)cc2C(=O)C2CCCC2)nc1CCS(N)(=O)=O. The van der Waals surface area contributed by atoms with E-state index in [1.54, 1.807) is 6.07 Å². The Morgan fingerprint density at radius 1 is 1.18 bits per heavy atom. The number of thiazole rings is 1. The van der Waals surface area contributed by atoms with Crippen LogP contribution in [0.15, 0.2) is 22.4 Å². The molecule has 0 bridgehead atoms. The summed E-state index contributed by atoms with van der Waals surface area (Å²) in [5.41, 5.74) is 0.563. The number of hydrogen-bond donors (Lipinski definition) is 3. The highest BCUT2D eigenvalue weighted by molar-refractivity contribution is 7.93. The highest BCUT2D eigenvalue weighted by Gasteiger charge is 2.27. The number of ketones is 1.